The zero-order valence-electron chi connectivity index (χ0n) is 12.7. The summed E-state index contributed by atoms with van der Waals surface area (Å²) in [7, 11) is 4.96. The lowest BCUT2D eigenvalue weighted by atomic mass is 10.1. The number of aryl methyl sites for hydroxylation is 1. The Balaban J connectivity index is 1.95. The Kier molecular flexibility index (Phi) is 5.64. The number of ether oxygens (including phenoxy) is 2. The van der Waals surface area contributed by atoms with Crippen molar-refractivity contribution >= 4 is 28.5 Å². The van der Waals surface area contributed by atoms with E-state index in [1.54, 1.807) is 32.1 Å². The SMILES string of the molecule is COc1ccc(CCNC(=O)c2c(I)cnn2C)cc1OC. The van der Waals surface area contributed by atoms with E-state index in [1.165, 1.54) is 0 Å². The Morgan fingerprint density at radius 2 is 2.05 bits per heavy atom. The summed E-state index contributed by atoms with van der Waals surface area (Å²) in [4.78, 5) is 12.1. The highest BCUT2D eigenvalue weighted by Crippen LogP contribution is 2.27. The zero-order valence-corrected chi connectivity index (χ0v) is 14.9. The highest BCUT2D eigenvalue weighted by atomic mass is 127. The molecule has 0 saturated carbocycles. The maximum atomic E-state index is 12.1. The van der Waals surface area contributed by atoms with Crippen molar-refractivity contribution in [1.29, 1.82) is 0 Å². The quantitative estimate of drug-likeness (QED) is 0.734. The van der Waals surface area contributed by atoms with E-state index in [0.717, 1.165) is 9.13 Å². The number of hydrogen-bond donors (Lipinski definition) is 1. The van der Waals surface area contributed by atoms with E-state index >= 15 is 0 Å². The molecule has 1 N–H and O–H groups in total. The van der Waals surface area contributed by atoms with E-state index in [2.05, 4.69) is 33.0 Å². The molecule has 0 unspecified atom stereocenters. The van der Waals surface area contributed by atoms with Crippen molar-refractivity contribution in [1.82, 2.24) is 15.1 Å². The van der Waals surface area contributed by atoms with Gasteiger partial charge in [-0.25, -0.2) is 0 Å². The van der Waals surface area contributed by atoms with Gasteiger partial charge >= 0.3 is 0 Å². The van der Waals surface area contributed by atoms with Gasteiger partial charge in [0.05, 0.1) is 24.0 Å². The van der Waals surface area contributed by atoms with Crippen molar-refractivity contribution < 1.29 is 14.3 Å². The third-order valence-electron chi connectivity index (χ3n) is 3.26. The van der Waals surface area contributed by atoms with Gasteiger partial charge in [-0.1, -0.05) is 6.07 Å². The normalized spacial score (nSPS) is 10.4. The number of carbonyl (C=O) groups excluding carboxylic acids is 1. The molecule has 22 heavy (non-hydrogen) atoms. The lowest BCUT2D eigenvalue weighted by Gasteiger charge is -2.10. The summed E-state index contributed by atoms with van der Waals surface area (Å²) < 4.78 is 12.9. The molecule has 1 aromatic carbocycles. The highest BCUT2D eigenvalue weighted by molar-refractivity contribution is 14.1. The molecule has 2 aromatic rings. The van der Waals surface area contributed by atoms with Crippen LogP contribution in [0.5, 0.6) is 11.5 Å². The maximum absolute atomic E-state index is 12.1. The maximum Gasteiger partial charge on any atom is 0.270 e. The van der Waals surface area contributed by atoms with Crippen LogP contribution >= 0.6 is 22.6 Å². The zero-order chi connectivity index (χ0) is 16.1. The first kappa shape index (κ1) is 16.6. The molecule has 1 amide bonds. The fourth-order valence-electron chi connectivity index (χ4n) is 2.11. The van der Waals surface area contributed by atoms with Crippen LogP contribution in [-0.2, 0) is 13.5 Å². The monoisotopic (exact) mass is 415 g/mol. The van der Waals surface area contributed by atoms with E-state index in [4.69, 9.17) is 9.47 Å². The Morgan fingerprint density at radius 3 is 2.64 bits per heavy atom. The van der Waals surface area contributed by atoms with Crippen molar-refractivity contribution in [3.05, 3.63) is 39.2 Å². The number of benzene rings is 1. The summed E-state index contributed by atoms with van der Waals surface area (Å²) in [5.41, 5.74) is 1.64. The third kappa shape index (κ3) is 3.70. The second kappa shape index (κ2) is 7.48. The summed E-state index contributed by atoms with van der Waals surface area (Å²) >= 11 is 2.10. The fraction of sp³-hybridized carbons (Fsp3) is 0.333. The smallest absolute Gasteiger partial charge is 0.270 e. The van der Waals surface area contributed by atoms with Crippen LogP contribution in [0.3, 0.4) is 0 Å². The molecular weight excluding hydrogens is 397 g/mol. The van der Waals surface area contributed by atoms with Crippen LogP contribution in [0.2, 0.25) is 0 Å². The second-order valence-electron chi connectivity index (χ2n) is 4.66. The molecule has 0 atom stereocenters. The first-order chi connectivity index (χ1) is 10.6. The molecule has 0 spiro atoms. The lowest BCUT2D eigenvalue weighted by Crippen LogP contribution is -2.28. The minimum atomic E-state index is -0.120. The van der Waals surface area contributed by atoms with Gasteiger partial charge in [0.15, 0.2) is 11.5 Å². The number of methoxy groups -OCH3 is 2. The molecule has 1 heterocycles. The number of hydrogen-bond acceptors (Lipinski definition) is 4. The van der Waals surface area contributed by atoms with Crippen LogP contribution in [0.1, 0.15) is 16.1 Å². The molecule has 6 nitrogen and oxygen atoms in total. The minimum absolute atomic E-state index is 0.120. The standard InChI is InChI=1S/C15H18IN3O3/c1-19-14(11(16)9-18-19)15(20)17-7-6-10-4-5-12(21-2)13(8-10)22-3/h4-5,8-9H,6-7H2,1-3H3,(H,17,20). The van der Waals surface area contributed by atoms with Crippen molar-refractivity contribution in [2.45, 2.75) is 6.42 Å². The van der Waals surface area contributed by atoms with E-state index in [1.807, 2.05) is 18.2 Å². The van der Waals surface area contributed by atoms with Gasteiger partial charge in [-0.05, 0) is 46.7 Å². The number of rotatable bonds is 6. The van der Waals surface area contributed by atoms with E-state index in [0.29, 0.717) is 30.2 Å². The molecule has 2 rings (SSSR count). The molecule has 0 fully saturated rings. The van der Waals surface area contributed by atoms with Crippen molar-refractivity contribution in [3.8, 4) is 11.5 Å². The van der Waals surface area contributed by atoms with Crippen LogP contribution in [0.15, 0.2) is 24.4 Å². The van der Waals surface area contributed by atoms with Gasteiger partial charge in [0.25, 0.3) is 5.91 Å². The topological polar surface area (TPSA) is 65.4 Å². The first-order valence-corrected chi connectivity index (χ1v) is 7.81. The summed E-state index contributed by atoms with van der Waals surface area (Å²) in [5, 5.41) is 6.97. The van der Waals surface area contributed by atoms with E-state index in [-0.39, 0.29) is 5.91 Å². The number of carbonyl (C=O) groups is 1. The molecular formula is C15H18IN3O3. The van der Waals surface area contributed by atoms with Crippen molar-refractivity contribution in [2.75, 3.05) is 20.8 Å². The van der Waals surface area contributed by atoms with Gasteiger partial charge in [-0.3, -0.25) is 9.48 Å². The second-order valence-corrected chi connectivity index (χ2v) is 5.82. The van der Waals surface area contributed by atoms with Gasteiger partial charge in [0.2, 0.25) is 0 Å². The van der Waals surface area contributed by atoms with Gasteiger partial charge in [-0.15, -0.1) is 0 Å². The van der Waals surface area contributed by atoms with Gasteiger partial charge < -0.3 is 14.8 Å². The van der Waals surface area contributed by atoms with Crippen LogP contribution in [0.25, 0.3) is 0 Å². The Labute approximate surface area is 142 Å². The molecule has 118 valence electrons. The molecule has 1 aromatic heterocycles. The molecule has 0 saturated heterocycles. The molecule has 0 bridgehead atoms. The summed E-state index contributed by atoms with van der Waals surface area (Å²) in [6.07, 6.45) is 2.38. The molecule has 0 aliphatic heterocycles. The fourth-order valence-corrected chi connectivity index (χ4v) is 2.82. The molecule has 0 aliphatic carbocycles. The van der Waals surface area contributed by atoms with Crippen LogP contribution in [0, 0.1) is 3.57 Å². The van der Waals surface area contributed by atoms with Crippen LogP contribution < -0.4 is 14.8 Å². The third-order valence-corrected chi connectivity index (χ3v) is 4.05. The van der Waals surface area contributed by atoms with Crippen LogP contribution in [-0.4, -0.2) is 36.5 Å². The van der Waals surface area contributed by atoms with Crippen molar-refractivity contribution in [3.63, 3.8) is 0 Å². The largest absolute Gasteiger partial charge is 0.493 e. The first-order valence-electron chi connectivity index (χ1n) is 6.73. The Morgan fingerprint density at radius 1 is 1.32 bits per heavy atom. The number of amides is 1. The number of halogens is 1. The predicted octanol–water partition coefficient (Wildman–Crippen LogP) is 2.01. The summed E-state index contributed by atoms with van der Waals surface area (Å²) in [6.45, 7) is 0.537. The highest BCUT2D eigenvalue weighted by Gasteiger charge is 2.14. The number of nitrogens with one attached hydrogen (secondary N) is 1. The average molecular weight is 415 g/mol. The average Bonchev–Trinajstić information content (AvgIpc) is 2.86. The van der Waals surface area contributed by atoms with Crippen LogP contribution in [0.4, 0.5) is 0 Å². The van der Waals surface area contributed by atoms with Gasteiger partial charge in [-0.2, -0.15) is 5.10 Å². The molecule has 0 aliphatic rings. The summed E-state index contributed by atoms with van der Waals surface area (Å²) in [5.74, 6) is 1.26. The van der Waals surface area contributed by atoms with Gasteiger partial charge in [0, 0.05) is 13.6 Å². The molecule has 0 radical (unpaired) electrons. The van der Waals surface area contributed by atoms with Gasteiger partial charge in [0.1, 0.15) is 5.69 Å². The van der Waals surface area contributed by atoms with Crippen molar-refractivity contribution in [2.24, 2.45) is 7.05 Å². The predicted molar refractivity (Wildman–Crippen MR) is 91.5 cm³/mol. The van der Waals surface area contributed by atoms with E-state index < -0.39 is 0 Å². The Bertz CT molecular complexity index is 651. The number of aromatic nitrogens is 2. The lowest BCUT2D eigenvalue weighted by molar-refractivity contribution is 0.0944. The molecule has 7 heteroatoms. The number of nitrogens with zero attached hydrogens (tertiary/aromatic N) is 2. The minimum Gasteiger partial charge on any atom is -0.493 e. The van der Waals surface area contributed by atoms with E-state index in [9.17, 15) is 4.79 Å². The summed E-state index contributed by atoms with van der Waals surface area (Å²) in [6, 6.07) is 5.74. The Hall–Kier alpha value is -1.77.